The van der Waals surface area contributed by atoms with Crippen LogP contribution in [0.5, 0.6) is 17.2 Å². The number of nitrogens with zero attached hydrogens (tertiary/aromatic N) is 7. The molecular formula is C59H60N8O11. The number of aryl methyl sites for hydroxylation is 3. The Morgan fingerprint density at radius 3 is 2.26 bits per heavy atom. The fourth-order valence-corrected chi connectivity index (χ4v) is 11.4. The van der Waals surface area contributed by atoms with Crippen LogP contribution in [0, 0.1) is 6.92 Å². The third kappa shape index (κ3) is 10.1. The van der Waals surface area contributed by atoms with Crippen molar-refractivity contribution in [3.8, 4) is 28.4 Å². The molecule has 2 aromatic heterocycles. The van der Waals surface area contributed by atoms with E-state index in [0.29, 0.717) is 77.7 Å². The lowest BCUT2D eigenvalue weighted by Gasteiger charge is -2.36. The maximum absolute atomic E-state index is 13.5. The number of rotatable bonds is 18. The first-order valence-electron chi connectivity index (χ1n) is 26.5. The van der Waals surface area contributed by atoms with Gasteiger partial charge in [0.25, 0.3) is 17.7 Å². The highest BCUT2D eigenvalue weighted by atomic mass is 16.5. The van der Waals surface area contributed by atoms with E-state index in [0.717, 1.165) is 79.2 Å². The smallest absolute Gasteiger partial charge is 0.352 e. The molecule has 3 saturated heterocycles. The molecule has 11 rings (SSSR count). The predicted octanol–water partition coefficient (Wildman–Crippen LogP) is 6.25. The largest absolute Gasteiger partial charge is 0.493 e. The Morgan fingerprint density at radius 1 is 0.756 bits per heavy atom. The molecule has 1 unspecified atom stereocenters. The number of carboxylic acids is 1. The van der Waals surface area contributed by atoms with Crippen LogP contribution in [-0.2, 0) is 45.7 Å². The highest BCUT2D eigenvalue weighted by Gasteiger charge is 2.46. The van der Waals surface area contributed by atoms with Crippen LogP contribution in [0.25, 0.3) is 32.8 Å². The van der Waals surface area contributed by atoms with Crippen molar-refractivity contribution < 1.29 is 52.8 Å². The van der Waals surface area contributed by atoms with Crippen LogP contribution in [0.2, 0.25) is 0 Å². The third-order valence-corrected chi connectivity index (χ3v) is 15.3. The molecular weight excluding hydrogens is 997 g/mol. The first kappa shape index (κ1) is 51.6. The predicted molar refractivity (Wildman–Crippen MR) is 289 cm³/mol. The molecule has 7 aromatic rings. The lowest BCUT2D eigenvalue weighted by Crippen LogP contribution is -2.54. The van der Waals surface area contributed by atoms with Crippen molar-refractivity contribution >= 4 is 62.9 Å². The van der Waals surface area contributed by atoms with E-state index in [4.69, 9.17) is 24.0 Å². The van der Waals surface area contributed by atoms with E-state index in [2.05, 4.69) is 33.3 Å². The Balaban J connectivity index is 0.753. The van der Waals surface area contributed by atoms with Gasteiger partial charge in [0.15, 0.2) is 6.61 Å². The molecule has 4 aliphatic heterocycles. The maximum atomic E-state index is 13.5. The summed E-state index contributed by atoms with van der Waals surface area (Å²) in [5, 5.41) is 21.1. The summed E-state index contributed by atoms with van der Waals surface area (Å²) in [6, 6.07) is 31.4. The van der Waals surface area contributed by atoms with E-state index in [1.165, 1.54) is 12.1 Å². The Morgan fingerprint density at radius 2 is 1.47 bits per heavy atom. The molecule has 0 saturated carbocycles. The second-order valence-corrected chi connectivity index (χ2v) is 20.0. The average molecular weight is 1060 g/mol. The van der Waals surface area contributed by atoms with Gasteiger partial charge in [-0.2, -0.15) is 5.10 Å². The maximum Gasteiger partial charge on any atom is 0.352 e. The lowest BCUT2D eigenvalue weighted by atomic mass is 9.98. The monoisotopic (exact) mass is 1060 g/mol. The molecule has 0 aliphatic carbocycles. The topological polar surface area (TPSA) is 207 Å². The van der Waals surface area contributed by atoms with Gasteiger partial charge in [-0.25, -0.2) is 4.79 Å². The van der Waals surface area contributed by atoms with Gasteiger partial charge < -0.3 is 38.4 Å². The second kappa shape index (κ2) is 22.2. The second-order valence-electron chi connectivity index (χ2n) is 20.0. The summed E-state index contributed by atoms with van der Waals surface area (Å²) in [7, 11) is 1.89. The summed E-state index contributed by atoms with van der Waals surface area (Å²) in [4.78, 5) is 85.0. The van der Waals surface area contributed by atoms with E-state index in [9.17, 15) is 33.9 Å². The number of imide groups is 2. The minimum Gasteiger partial charge on any atom is -0.493 e. The van der Waals surface area contributed by atoms with Gasteiger partial charge in [0, 0.05) is 93.4 Å². The molecule has 0 spiro atoms. The fourth-order valence-electron chi connectivity index (χ4n) is 11.4. The number of ether oxygens (including phenoxy) is 4. The zero-order chi connectivity index (χ0) is 54.0. The van der Waals surface area contributed by atoms with E-state index < -0.39 is 35.6 Å². The van der Waals surface area contributed by atoms with Crippen molar-refractivity contribution in [3.63, 3.8) is 0 Å². The van der Waals surface area contributed by atoms with Crippen molar-refractivity contribution in [1.82, 2.24) is 34.4 Å². The van der Waals surface area contributed by atoms with Crippen LogP contribution in [0.1, 0.15) is 67.4 Å². The number of hydrogen-bond donors (Lipinski definition) is 2. The number of carbonyl (C=O) groups is 6. The molecule has 3 fully saturated rings. The summed E-state index contributed by atoms with van der Waals surface area (Å²) in [5.74, 6) is -2.26. The first-order valence-corrected chi connectivity index (χ1v) is 26.5. The van der Waals surface area contributed by atoms with Gasteiger partial charge in [0.1, 0.15) is 35.6 Å². The van der Waals surface area contributed by atoms with Gasteiger partial charge in [-0.1, -0.05) is 60.7 Å². The molecule has 78 heavy (non-hydrogen) atoms. The van der Waals surface area contributed by atoms with Crippen molar-refractivity contribution in [2.24, 2.45) is 7.05 Å². The third-order valence-electron chi connectivity index (χ3n) is 15.3. The van der Waals surface area contributed by atoms with Crippen LogP contribution in [-0.4, -0.2) is 148 Å². The summed E-state index contributed by atoms with van der Waals surface area (Å²) in [6.07, 6.45) is 1.14. The normalized spacial score (nSPS) is 17.0. The molecule has 0 bridgehead atoms. The van der Waals surface area contributed by atoms with Crippen LogP contribution >= 0.6 is 0 Å². The van der Waals surface area contributed by atoms with Crippen molar-refractivity contribution in [1.29, 1.82) is 0 Å². The molecule has 4 aliphatic rings. The highest BCUT2D eigenvalue weighted by Crippen LogP contribution is 2.39. The quantitative estimate of drug-likeness (QED) is 0.0720. The molecule has 2 N–H and O–H groups in total. The van der Waals surface area contributed by atoms with Gasteiger partial charge in [0.05, 0.1) is 47.9 Å². The van der Waals surface area contributed by atoms with E-state index in [1.807, 2.05) is 90.0 Å². The molecule has 6 heterocycles. The molecule has 5 aromatic carbocycles. The van der Waals surface area contributed by atoms with Gasteiger partial charge in [-0.3, -0.25) is 43.8 Å². The number of carboxylic acid groups (broad SMARTS) is 1. The van der Waals surface area contributed by atoms with Crippen molar-refractivity contribution in [3.05, 3.63) is 137 Å². The standard InChI is InChI=1S/C59H60N8O11/c1-37-52(44-13-6-12-42-43(15-8-32-76-48-16-5-10-38-9-3-4-11-41(38)48)55(59(73)74)66(54(42)44)29-24-63-30-33-75-34-31-63)47(62(2)61-37)35-77-40-20-18-39(19-21-40)64-25-27-65(28-26-64)51(69)36-78-49-17-7-14-45-53(49)58(72)67(57(45)71)46-22-23-50(68)60-56(46)70/h3-7,9-14,16-21,46H,8,15,22-36H2,1-2H3,(H,73,74)(H,60,68,70). The average Bonchev–Trinajstić information content (AvgIpc) is 4.18. The fraction of sp³-hybridized carbons (Fsp3) is 0.339. The number of aromatic carboxylic acids is 1. The van der Waals surface area contributed by atoms with E-state index in [1.54, 1.807) is 11.0 Å². The number of aromatic nitrogens is 3. The van der Waals surface area contributed by atoms with Crippen molar-refractivity contribution in [2.45, 2.75) is 51.8 Å². The molecule has 402 valence electrons. The summed E-state index contributed by atoms with van der Waals surface area (Å²) >= 11 is 0. The van der Waals surface area contributed by atoms with Gasteiger partial charge >= 0.3 is 5.97 Å². The number of morpholine rings is 1. The van der Waals surface area contributed by atoms with Crippen LogP contribution in [0.4, 0.5) is 5.69 Å². The number of carbonyl (C=O) groups excluding carboxylic acids is 5. The molecule has 5 amide bonds. The van der Waals surface area contributed by atoms with E-state index in [-0.39, 0.29) is 54.5 Å². The first-order chi connectivity index (χ1) is 37.9. The SMILES string of the molecule is Cc1nn(C)c(COc2ccc(N3CCN(C(=O)COc4cccc5c4C(=O)N(C4CCC(=O)NC4=O)C5=O)CC3)cc2)c1-c1cccc2c(CCCOc3cccc4ccccc34)c(C(=O)O)n(CCN3CCOCC3)c12. The van der Waals surface area contributed by atoms with Gasteiger partial charge in [-0.05, 0) is 79.6 Å². The van der Waals surface area contributed by atoms with Crippen molar-refractivity contribution in [2.75, 3.05) is 77.1 Å². The number of anilines is 1. The Labute approximate surface area is 449 Å². The van der Waals surface area contributed by atoms with E-state index >= 15 is 0 Å². The zero-order valence-corrected chi connectivity index (χ0v) is 43.6. The number of amides is 5. The van der Waals surface area contributed by atoms with Crippen LogP contribution in [0.15, 0.2) is 103 Å². The Hall–Kier alpha value is -8.55. The number of piperidine rings is 1. The molecule has 1 atom stereocenters. The summed E-state index contributed by atoms with van der Waals surface area (Å²) < 4.78 is 28.2. The minimum absolute atomic E-state index is 0.00355. The van der Waals surface area contributed by atoms with Crippen LogP contribution in [0.3, 0.4) is 0 Å². The van der Waals surface area contributed by atoms with Crippen LogP contribution < -0.4 is 24.4 Å². The molecule has 19 heteroatoms. The molecule has 19 nitrogen and oxygen atoms in total. The Kier molecular flexibility index (Phi) is 14.7. The Bertz CT molecular complexity index is 3480. The van der Waals surface area contributed by atoms with Gasteiger partial charge in [-0.15, -0.1) is 0 Å². The highest BCUT2D eigenvalue weighted by molar-refractivity contribution is 6.24. The number of para-hydroxylation sites is 1. The number of piperazine rings is 1. The lowest BCUT2D eigenvalue weighted by molar-refractivity contribution is -0.136. The van der Waals surface area contributed by atoms with Gasteiger partial charge in [0.2, 0.25) is 11.8 Å². The minimum atomic E-state index is -1.12. The number of benzene rings is 5. The number of nitrogens with one attached hydrogen (secondary N) is 1. The summed E-state index contributed by atoms with van der Waals surface area (Å²) in [6.45, 7) is 8.15. The number of fused-ring (bicyclic) bond motifs is 3. The summed E-state index contributed by atoms with van der Waals surface area (Å²) in [5.41, 5.74) is 6.32. The number of hydrogen-bond acceptors (Lipinski definition) is 13. The zero-order valence-electron chi connectivity index (χ0n) is 43.6. The molecule has 0 radical (unpaired) electrons.